The third-order valence-corrected chi connectivity index (χ3v) is 6.94. The van der Waals surface area contributed by atoms with Crippen molar-refractivity contribution in [1.82, 2.24) is 15.5 Å². The van der Waals surface area contributed by atoms with E-state index >= 15 is 0 Å². The molecule has 1 aliphatic rings. The van der Waals surface area contributed by atoms with E-state index < -0.39 is 29.6 Å². The van der Waals surface area contributed by atoms with Gasteiger partial charge in [0.1, 0.15) is 11.9 Å². The lowest BCUT2D eigenvalue weighted by atomic mass is 9.94. The SMILES string of the molecule is O=C(NCC(=O)N(Cc1cccs1)[C@H](C(=O)NC1CCCCC1)c1ccccc1F)c1ccco1. The van der Waals surface area contributed by atoms with Gasteiger partial charge < -0.3 is 20.0 Å². The van der Waals surface area contributed by atoms with Gasteiger partial charge in [-0.1, -0.05) is 43.5 Å². The molecule has 3 amide bonds. The zero-order valence-electron chi connectivity index (χ0n) is 19.2. The minimum Gasteiger partial charge on any atom is -0.459 e. The van der Waals surface area contributed by atoms with Crippen molar-refractivity contribution in [2.24, 2.45) is 0 Å². The van der Waals surface area contributed by atoms with Crippen molar-refractivity contribution >= 4 is 29.1 Å². The molecular formula is C26H28FN3O4S. The molecule has 1 fully saturated rings. The maximum Gasteiger partial charge on any atom is 0.287 e. The fourth-order valence-electron chi connectivity index (χ4n) is 4.32. The van der Waals surface area contributed by atoms with E-state index in [-0.39, 0.29) is 30.5 Å². The molecule has 4 rings (SSSR count). The molecule has 0 bridgehead atoms. The van der Waals surface area contributed by atoms with Crippen molar-refractivity contribution < 1.29 is 23.2 Å². The molecule has 9 heteroatoms. The van der Waals surface area contributed by atoms with Crippen LogP contribution in [0.1, 0.15) is 59.1 Å². The Morgan fingerprint density at radius 3 is 2.54 bits per heavy atom. The van der Waals surface area contributed by atoms with E-state index in [1.54, 1.807) is 18.2 Å². The Morgan fingerprint density at radius 2 is 1.86 bits per heavy atom. The number of rotatable bonds is 9. The second-order valence-corrected chi connectivity index (χ2v) is 9.56. The monoisotopic (exact) mass is 497 g/mol. The lowest BCUT2D eigenvalue weighted by molar-refractivity contribution is -0.141. The van der Waals surface area contributed by atoms with Gasteiger partial charge in [0, 0.05) is 16.5 Å². The topological polar surface area (TPSA) is 91.7 Å². The molecule has 0 saturated heterocycles. The maximum atomic E-state index is 15.0. The minimum atomic E-state index is -1.19. The Morgan fingerprint density at radius 1 is 1.06 bits per heavy atom. The average Bonchev–Trinajstić information content (AvgIpc) is 3.58. The second-order valence-electron chi connectivity index (χ2n) is 8.53. The number of amides is 3. The summed E-state index contributed by atoms with van der Waals surface area (Å²) in [5.41, 5.74) is 0.114. The van der Waals surface area contributed by atoms with Crippen molar-refractivity contribution in [2.75, 3.05) is 6.54 Å². The van der Waals surface area contributed by atoms with Crippen LogP contribution < -0.4 is 10.6 Å². The number of thiophene rings is 1. The van der Waals surface area contributed by atoms with Gasteiger partial charge in [0.05, 0.1) is 19.4 Å². The Kier molecular flexibility index (Phi) is 8.31. The number of hydrogen-bond donors (Lipinski definition) is 2. The molecule has 1 aromatic carbocycles. The van der Waals surface area contributed by atoms with Gasteiger partial charge in [-0.2, -0.15) is 0 Å². The highest BCUT2D eigenvalue weighted by atomic mass is 32.1. The molecule has 1 saturated carbocycles. The van der Waals surface area contributed by atoms with Crippen LogP contribution in [-0.2, 0) is 16.1 Å². The van der Waals surface area contributed by atoms with Gasteiger partial charge in [0.15, 0.2) is 5.76 Å². The lowest BCUT2D eigenvalue weighted by Gasteiger charge is -2.33. The van der Waals surface area contributed by atoms with E-state index in [9.17, 15) is 18.8 Å². The molecule has 3 aromatic rings. The van der Waals surface area contributed by atoms with Gasteiger partial charge in [-0.15, -0.1) is 11.3 Å². The normalized spacial score (nSPS) is 14.8. The first-order valence-corrected chi connectivity index (χ1v) is 12.6. The van der Waals surface area contributed by atoms with Crippen LogP contribution in [0.15, 0.2) is 64.6 Å². The molecule has 2 aromatic heterocycles. The summed E-state index contributed by atoms with van der Waals surface area (Å²) >= 11 is 1.43. The first kappa shape index (κ1) is 24.7. The smallest absolute Gasteiger partial charge is 0.287 e. The zero-order chi connectivity index (χ0) is 24.6. The van der Waals surface area contributed by atoms with Crippen molar-refractivity contribution in [3.63, 3.8) is 0 Å². The second kappa shape index (κ2) is 11.8. The standard InChI is InChI=1S/C26H28FN3O4S/c27-21-12-5-4-11-20(21)24(26(33)29-18-8-2-1-3-9-18)30(17-19-10-7-15-35-19)23(31)16-28-25(32)22-13-6-14-34-22/h4-7,10-15,18,24H,1-3,8-9,16-17H2,(H,28,32)(H,29,33)/t24-/m0/s1. The number of nitrogens with zero attached hydrogens (tertiary/aromatic N) is 1. The highest BCUT2D eigenvalue weighted by Crippen LogP contribution is 2.28. The Balaban J connectivity index is 1.62. The first-order chi connectivity index (χ1) is 17.0. The summed E-state index contributed by atoms with van der Waals surface area (Å²) in [4.78, 5) is 41.5. The van der Waals surface area contributed by atoms with E-state index in [1.165, 1.54) is 40.7 Å². The molecule has 2 heterocycles. The predicted molar refractivity (Wildman–Crippen MR) is 130 cm³/mol. The van der Waals surface area contributed by atoms with Crippen LogP contribution in [-0.4, -0.2) is 35.2 Å². The number of benzene rings is 1. The Labute approximate surface area is 207 Å². The molecule has 0 unspecified atom stereocenters. The molecule has 1 atom stereocenters. The third kappa shape index (κ3) is 6.36. The number of halogens is 1. The first-order valence-electron chi connectivity index (χ1n) is 11.7. The summed E-state index contributed by atoms with van der Waals surface area (Å²) in [6.45, 7) is -0.267. The number of nitrogens with one attached hydrogen (secondary N) is 2. The molecule has 1 aliphatic carbocycles. The Bertz CT molecular complexity index is 1130. The lowest BCUT2D eigenvalue weighted by Crippen LogP contribution is -2.49. The number of carbonyl (C=O) groups excluding carboxylic acids is 3. The van der Waals surface area contributed by atoms with Gasteiger partial charge in [-0.05, 0) is 42.5 Å². The predicted octanol–water partition coefficient (Wildman–Crippen LogP) is 4.43. The zero-order valence-corrected chi connectivity index (χ0v) is 20.1. The fourth-order valence-corrected chi connectivity index (χ4v) is 5.02. The van der Waals surface area contributed by atoms with Gasteiger partial charge in [-0.25, -0.2) is 4.39 Å². The van der Waals surface area contributed by atoms with Crippen molar-refractivity contribution in [3.8, 4) is 0 Å². The molecule has 0 aliphatic heterocycles. The fraction of sp³-hybridized carbons (Fsp3) is 0.346. The van der Waals surface area contributed by atoms with Crippen LogP contribution >= 0.6 is 11.3 Å². The molecule has 2 N–H and O–H groups in total. The average molecular weight is 498 g/mol. The molecule has 35 heavy (non-hydrogen) atoms. The summed E-state index contributed by atoms with van der Waals surface area (Å²) in [5, 5.41) is 7.46. The molecule has 0 spiro atoms. The van der Waals surface area contributed by atoms with E-state index in [0.29, 0.717) is 0 Å². The van der Waals surface area contributed by atoms with Crippen molar-refractivity contribution in [2.45, 2.75) is 50.7 Å². The summed E-state index contributed by atoms with van der Waals surface area (Å²) in [6, 6.07) is 11.6. The van der Waals surface area contributed by atoms with E-state index in [1.807, 2.05) is 17.5 Å². The Hall–Kier alpha value is -3.46. The largest absolute Gasteiger partial charge is 0.459 e. The summed E-state index contributed by atoms with van der Waals surface area (Å²) in [6.07, 6.45) is 6.24. The maximum absolute atomic E-state index is 15.0. The van der Waals surface area contributed by atoms with E-state index in [0.717, 1.165) is 37.0 Å². The van der Waals surface area contributed by atoms with Gasteiger partial charge in [-0.3, -0.25) is 14.4 Å². The number of hydrogen-bond acceptors (Lipinski definition) is 5. The third-order valence-electron chi connectivity index (χ3n) is 6.08. The molecule has 7 nitrogen and oxygen atoms in total. The number of carbonyl (C=O) groups is 3. The van der Waals surface area contributed by atoms with Crippen molar-refractivity contribution in [3.05, 3.63) is 82.2 Å². The van der Waals surface area contributed by atoms with E-state index in [2.05, 4.69) is 10.6 Å². The van der Waals surface area contributed by atoms with Crippen molar-refractivity contribution in [1.29, 1.82) is 0 Å². The van der Waals surface area contributed by atoms with Gasteiger partial charge in [0.25, 0.3) is 5.91 Å². The van der Waals surface area contributed by atoms with Gasteiger partial charge >= 0.3 is 0 Å². The molecular weight excluding hydrogens is 469 g/mol. The van der Waals surface area contributed by atoms with Crippen LogP contribution in [0.5, 0.6) is 0 Å². The van der Waals surface area contributed by atoms with Crippen LogP contribution in [0, 0.1) is 5.82 Å². The van der Waals surface area contributed by atoms with Crippen LogP contribution in [0.4, 0.5) is 4.39 Å². The summed E-state index contributed by atoms with van der Waals surface area (Å²) < 4.78 is 20.1. The van der Waals surface area contributed by atoms with Gasteiger partial charge in [0.2, 0.25) is 11.8 Å². The van der Waals surface area contributed by atoms with Crippen LogP contribution in [0.25, 0.3) is 0 Å². The number of furan rings is 1. The van der Waals surface area contributed by atoms with E-state index in [4.69, 9.17) is 4.42 Å². The summed E-state index contributed by atoms with van der Waals surface area (Å²) in [7, 11) is 0. The summed E-state index contributed by atoms with van der Waals surface area (Å²) in [5.74, 6) is -1.98. The quantitative estimate of drug-likeness (QED) is 0.458. The minimum absolute atomic E-state index is 0.0112. The highest BCUT2D eigenvalue weighted by Gasteiger charge is 2.35. The van der Waals surface area contributed by atoms with Crippen LogP contribution in [0.2, 0.25) is 0 Å². The molecule has 184 valence electrons. The van der Waals surface area contributed by atoms with Crippen LogP contribution in [0.3, 0.4) is 0 Å². The highest BCUT2D eigenvalue weighted by molar-refractivity contribution is 7.09. The molecule has 0 radical (unpaired) electrons.